The number of esters is 2. The first kappa shape index (κ1) is 23.6. The first-order chi connectivity index (χ1) is 16.6. The highest BCUT2D eigenvalue weighted by molar-refractivity contribution is 5.95. The third-order valence-corrected chi connectivity index (χ3v) is 7.75. The van der Waals surface area contributed by atoms with Gasteiger partial charge in [-0.2, -0.15) is 0 Å². The Bertz CT molecular complexity index is 1100. The van der Waals surface area contributed by atoms with Gasteiger partial charge in [0.25, 0.3) is 0 Å². The molecule has 188 valence electrons. The lowest BCUT2D eigenvalue weighted by atomic mass is 9.79. The maximum Gasteiger partial charge on any atom is 0.412 e. The quantitative estimate of drug-likeness (QED) is 0.504. The van der Waals surface area contributed by atoms with E-state index in [2.05, 4.69) is 0 Å². The Labute approximate surface area is 203 Å². The minimum Gasteiger partial charge on any atom is -0.495 e. The monoisotopic (exact) mass is 486 g/mol. The van der Waals surface area contributed by atoms with E-state index in [1.807, 2.05) is 11.8 Å². The zero-order valence-corrected chi connectivity index (χ0v) is 20.3. The van der Waals surface area contributed by atoms with Crippen molar-refractivity contribution in [2.75, 3.05) is 26.1 Å². The number of benzene rings is 1. The standard InChI is InChI=1S/C25H30N2O8/c1-12-18-16-10-13(23(29)33-16)19(26(3)4)20(21-25(2,35-21)11-17(18)34-22(12)28)27(24(30)31)14-8-6-7-9-15(14)32-5/h6-10,12,16-21H,11H2,1-5H3,(H,30,31). The van der Waals surface area contributed by atoms with Crippen LogP contribution in [-0.2, 0) is 23.8 Å². The molecule has 8 atom stereocenters. The molecule has 1 N–H and O–H groups in total. The predicted molar refractivity (Wildman–Crippen MR) is 123 cm³/mol. The number of carboxylic acid groups (broad SMARTS) is 1. The number of nitrogens with zero attached hydrogens (tertiary/aromatic N) is 2. The third kappa shape index (κ3) is 3.66. The highest BCUT2D eigenvalue weighted by Crippen LogP contribution is 2.52. The van der Waals surface area contributed by atoms with Crippen LogP contribution in [0.3, 0.4) is 0 Å². The van der Waals surface area contributed by atoms with Gasteiger partial charge >= 0.3 is 18.0 Å². The molecule has 3 heterocycles. The summed E-state index contributed by atoms with van der Waals surface area (Å²) in [6, 6.07) is 5.35. The van der Waals surface area contributed by atoms with E-state index < -0.39 is 54.0 Å². The van der Waals surface area contributed by atoms with Gasteiger partial charge in [-0.25, -0.2) is 9.59 Å². The SMILES string of the molecule is COc1ccccc1N(C(=O)O)C1C(N(C)C)C2=CC(OC2=O)C2C(CC3(C)OC13)OC(=O)C2C. The summed E-state index contributed by atoms with van der Waals surface area (Å²) in [6.45, 7) is 3.68. The summed E-state index contributed by atoms with van der Waals surface area (Å²) in [5.41, 5.74) is -0.0739. The number of hydrogen-bond acceptors (Lipinski definition) is 8. The molecule has 3 aliphatic heterocycles. The van der Waals surface area contributed by atoms with Crippen LogP contribution in [0.25, 0.3) is 0 Å². The lowest BCUT2D eigenvalue weighted by Crippen LogP contribution is -2.57. The molecular weight excluding hydrogens is 456 g/mol. The van der Waals surface area contributed by atoms with Crippen molar-refractivity contribution in [3.63, 3.8) is 0 Å². The Morgan fingerprint density at radius 3 is 2.57 bits per heavy atom. The summed E-state index contributed by atoms with van der Waals surface area (Å²) < 4.78 is 23.2. The summed E-state index contributed by atoms with van der Waals surface area (Å²) in [7, 11) is 5.06. The molecule has 35 heavy (non-hydrogen) atoms. The Morgan fingerprint density at radius 1 is 1.20 bits per heavy atom. The second-order valence-electron chi connectivity index (χ2n) is 10.1. The van der Waals surface area contributed by atoms with Gasteiger partial charge in [0.1, 0.15) is 24.1 Å². The average molecular weight is 487 g/mol. The minimum absolute atomic E-state index is 0.333. The Hall–Kier alpha value is -3.11. The molecule has 0 radical (unpaired) electrons. The van der Waals surface area contributed by atoms with Crippen LogP contribution < -0.4 is 9.64 Å². The summed E-state index contributed by atoms with van der Waals surface area (Å²) in [6.07, 6.45) is -0.826. The van der Waals surface area contributed by atoms with Crippen molar-refractivity contribution in [1.82, 2.24) is 4.90 Å². The van der Waals surface area contributed by atoms with E-state index in [9.17, 15) is 19.5 Å². The Balaban J connectivity index is 1.68. The van der Waals surface area contributed by atoms with Crippen molar-refractivity contribution in [2.45, 2.75) is 56.3 Å². The second kappa shape index (κ2) is 8.23. The summed E-state index contributed by atoms with van der Waals surface area (Å²) in [5, 5.41) is 10.5. The van der Waals surface area contributed by atoms with Crippen molar-refractivity contribution in [2.24, 2.45) is 11.8 Å². The van der Waals surface area contributed by atoms with E-state index in [0.29, 0.717) is 23.4 Å². The fourth-order valence-electron chi connectivity index (χ4n) is 6.05. The molecule has 2 fully saturated rings. The van der Waals surface area contributed by atoms with Gasteiger partial charge in [0.15, 0.2) is 0 Å². The van der Waals surface area contributed by atoms with Crippen LogP contribution in [0.5, 0.6) is 5.75 Å². The lowest BCUT2D eigenvalue weighted by Gasteiger charge is -2.39. The molecule has 1 amide bonds. The number of methoxy groups -OCH3 is 1. The number of rotatable bonds is 4. The number of anilines is 1. The molecule has 4 aliphatic rings. The number of fused-ring (bicyclic) bond motifs is 4. The molecule has 0 spiro atoms. The number of ether oxygens (including phenoxy) is 4. The Morgan fingerprint density at radius 2 is 1.91 bits per heavy atom. The van der Waals surface area contributed by atoms with Gasteiger partial charge in [-0.1, -0.05) is 19.1 Å². The maximum atomic E-state index is 13.2. The van der Waals surface area contributed by atoms with Crippen LogP contribution >= 0.6 is 0 Å². The van der Waals surface area contributed by atoms with E-state index in [1.165, 1.54) is 12.0 Å². The van der Waals surface area contributed by atoms with Crippen molar-refractivity contribution in [1.29, 1.82) is 0 Å². The molecule has 0 saturated carbocycles. The average Bonchev–Trinajstić information content (AvgIpc) is 3.18. The van der Waals surface area contributed by atoms with Gasteiger partial charge in [0.2, 0.25) is 0 Å². The van der Waals surface area contributed by atoms with Crippen LogP contribution in [0.1, 0.15) is 20.3 Å². The van der Waals surface area contributed by atoms with Gasteiger partial charge in [0, 0.05) is 12.3 Å². The van der Waals surface area contributed by atoms with E-state index in [-0.39, 0.29) is 11.9 Å². The van der Waals surface area contributed by atoms with Crippen molar-refractivity contribution in [3.05, 3.63) is 35.9 Å². The van der Waals surface area contributed by atoms with Crippen LogP contribution in [0, 0.1) is 11.8 Å². The third-order valence-electron chi connectivity index (χ3n) is 7.75. The Kier molecular flexibility index (Phi) is 5.56. The zero-order valence-electron chi connectivity index (χ0n) is 20.3. The fourth-order valence-corrected chi connectivity index (χ4v) is 6.05. The molecule has 0 aromatic heterocycles. The van der Waals surface area contributed by atoms with E-state index in [4.69, 9.17) is 18.9 Å². The fraction of sp³-hybridized carbons (Fsp3) is 0.560. The summed E-state index contributed by atoms with van der Waals surface area (Å²) >= 11 is 0. The molecule has 2 saturated heterocycles. The first-order valence-corrected chi connectivity index (χ1v) is 11.7. The largest absolute Gasteiger partial charge is 0.495 e. The van der Waals surface area contributed by atoms with Crippen molar-refractivity contribution >= 4 is 23.7 Å². The topological polar surface area (TPSA) is 118 Å². The molecule has 1 aliphatic carbocycles. The predicted octanol–water partition coefficient (Wildman–Crippen LogP) is 2.07. The molecule has 10 nitrogen and oxygen atoms in total. The highest BCUT2D eigenvalue weighted by atomic mass is 16.6. The molecule has 1 aromatic rings. The number of para-hydroxylation sites is 2. The van der Waals surface area contributed by atoms with Crippen LogP contribution in [-0.4, -0.2) is 85.2 Å². The van der Waals surface area contributed by atoms with Crippen LogP contribution in [0.15, 0.2) is 35.9 Å². The number of likely N-dealkylation sites (N-methyl/N-ethyl adjacent to an activating group) is 1. The molecule has 8 unspecified atom stereocenters. The van der Waals surface area contributed by atoms with E-state index in [0.717, 1.165) is 0 Å². The molecule has 2 bridgehead atoms. The molecule has 5 rings (SSSR count). The smallest absolute Gasteiger partial charge is 0.412 e. The lowest BCUT2D eigenvalue weighted by molar-refractivity contribution is -0.144. The second-order valence-corrected chi connectivity index (χ2v) is 10.1. The van der Waals surface area contributed by atoms with Crippen molar-refractivity contribution < 1.29 is 38.4 Å². The van der Waals surface area contributed by atoms with Crippen molar-refractivity contribution in [3.8, 4) is 5.75 Å². The maximum absolute atomic E-state index is 13.2. The molecule has 1 aromatic carbocycles. The number of hydrogen-bond donors (Lipinski definition) is 1. The van der Waals surface area contributed by atoms with Crippen LogP contribution in [0.4, 0.5) is 10.5 Å². The first-order valence-electron chi connectivity index (χ1n) is 11.7. The number of carbonyl (C=O) groups excluding carboxylic acids is 2. The summed E-state index contributed by atoms with van der Waals surface area (Å²) in [4.78, 5) is 41.5. The van der Waals surface area contributed by atoms with E-state index in [1.54, 1.807) is 51.4 Å². The number of carbonyl (C=O) groups is 3. The number of amides is 1. The van der Waals surface area contributed by atoms with Crippen LogP contribution in [0.2, 0.25) is 0 Å². The normalized spacial score (nSPS) is 37.5. The molecular formula is C25H30N2O8. The van der Waals surface area contributed by atoms with Gasteiger partial charge in [-0.3, -0.25) is 9.69 Å². The van der Waals surface area contributed by atoms with Gasteiger partial charge in [-0.15, -0.1) is 0 Å². The highest BCUT2D eigenvalue weighted by Gasteiger charge is 2.65. The van der Waals surface area contributed by atoms with Gasteiger partial charge < -0.3 is 29.0 Å². The van der Waals surface area contributed by atoms with Gasteiger partial charge in [-0.05, 0) is 39.2 Å². The van der Waals surface area contributed by atoms with Gasteiger partial charge in [0.05, 0.1) is 42.0 Å². The zero-order chi connectivity index (χ0) is 25.2. The molecule has 10 heteroatoms. The van der Waals surface area contributed by atoms with E-state index >= 15 is 0 Å². The summed E-state index contributed by atoms with van der Waals surface area (Å²) in [5.74, 6) is -1.26. The minimum atomic E-state index is -1.21. The number of epoxide rings is 1.